The molecule has 1 aliphatic carbocycles. The number of carbonyl (C=O) groups is 1. The van der Waals surface area contributed by atoms with E-state index >= 15 is 0 Å². The molecule has 1 aliphatic rings. The zero-order valence-corrected chi connectivity index (χ0v) is 14.4. The van der Waals surface area contributed by atoms with E-state index < -0.39 is 0 Å². The molecule has 2 amide bonds. The predicted octanol–water partition coefficient (Wildman–Crippen LogP) is 2.35. The Morgan fingerprint density at radius 1 is 1.44 bits per heavy atom. The number of carbonyl (C=O) groups excluding carboxylic acids is 1. The zero-order chi connectivity index (χ0) is 17.6. The monoisotopic (exact) mass is 344 g/mol. The number of rotatable bonds is 6. The summed E-state index contributed by atoms with van der Waals surface area (Å²) in [5, 5.41) is 15.9. The Morgan fingerprint density at radius 2 is 2.28 bits per heavy atom. The van der Waals surface area contributed by atoms with Crippen LogP contribution in [0.4, 0.5) is 4.79 Å². The van der Waals surface area contributed by atoms with Gasteiger partial charge in [0.05, 0.1) is 12.6 Å². The number of aromatic nitrogens is 2. The van der Waals surface area contributed by atoms with Gasteiger partial charge >= 0.3 is 6.03 Å². The fraction of sp³-hybridized carbons (Fsp3) is 0.500. The van der Waals surface area contributed by atoms with Crippen molar-refractivity contribution in [2.45, 2.75) is 45.2 Å². The number of amides is 2. The van der Waals surface area contributed by atoms with Crippen molar-refractivity contribution in [3.63, 3.8) is 0 Å². The standard InChI is InChI=1S/C18H24N4O3/c1-13-20-17(21-25-13)12-19-18(24)22(10-5-11-23)16-9-4-7-14-6-2-3-8-15(14)16/h2-3,6,8,16,23H,4-5,7,9-12H2,1H3,(H,19,24). The second-order valence-corrected chi connectivity index (χ2v) is 6.27. The van der Waals surface area contributed by atoms with Crippen molar-refractivity contribution in [3.8, 4) is 0 Å². The van der Waals surface area contributed by atoms with Crippen LogP contribution in [0.25, 0.3) is 0 Å². The molecular formula is C18H24N4O3. The van der Waals surface area contributed by atoms with Crippen molar-refractivity contribution in [1.82, 2.24) is 20.4 Å². The van der Waals surface area contributed by atoms with Gasteiger partial charge in [-0.05, 0) is 36.8 Å². The van der Waals surface area contributed by atoms with Gasteiger partial charge in [-0.25, -0.2) is 4.79 Å². The van der Waals surface area contributed by atoms with Crippen molar-refractivity contribution >= 4 is 6.03 Å². The number of hydrogen-bond acceptors (Lipinski definition) is 5. The van der Waals surface area contributed by atoms with Crippen LogP contribution in [0.5, 0.6) is 0 Å². The van der Waals surface area contributed by atoms with E-state index in [1.54, 1.807) is 6.92 Å². The van der Waals surface area contributed by atoms with Crippen LogP contribution in [0, 0.1) is 6.92 Å². The Balaban J connectivity index is 1.74. The van der Waals surface area contributed by atoms with Crippen molar-refractivity contribution in [2.24, 2.45) is 0 Å². The first-order chi connectivity index (χ1) is 12.2. The van der Waals surface area contributed by atoms with Gasteiger partial charge in [0.1, 0.15) is 0 Å². The fourth-order valence-corrected chi connectivity index (χ4v) is 3.36. The fourth-order valence-electron chi connectivity index (χ4n) is 3.36. The van der Waals surface area contributed by atoms with Crippen molar-refractivity contribution in [2.75, 3.05) is 13.2 Å². The minimum absolute atomic E-state index is 0.0310. The summed E-state index contributed by atoms with van der Waals surface area (Å²) in [4.78, 5) is 18.7. The summed E-state index contributed by atoms with van der Waals surface area (Å²) < 4.78 is 4.93. The molecule has 0 radical (unpaired) electrons. The molecule has 0 saturated heterocycles. The molecule has 1 heterocycles. The summed E-state index contributed by atoms with van der Waals surface area (Å²) in [5.74, 6) is 0.930. The number of aliphatic hydroxyl groups excluding tert-OH is 1. The zero-order valence-electron chi connectivity index (χ0n) is 14.4. The van der Waals surface area contributed by atoms with Gasteiger partial charge in [0, 0.05) is 20.1 Å². The first-order valence-electron chi connectivity index (χ1n) is 8.71. The highest BCUT2D eigenvalue weighted by Crippen LogP contribution is 2.34. The topological polar surface area (TPSA) is 91.5 Å². The van der Waals surface area contributed by atoms with E-state index in [1.165, 1.54) is 11.1 Å². The third kappa shape index (κ3) is 4.17. The van der Waals surface area contributed by atoms with Gasteiger partial charge in [0.25, 0.3) is 0 Å². The predicted molar refractivity (Wildman–Crippen MR) is 91.8 cm³/mol. The Hall–Kier alpha value is -2.41. The minimum Gasteiger partial charge on any atom is -0.396 e. The van der Waals surface area contributed by atoms with Crippen LogP contribution in [0.2, 0.25) is 0 Å². The highest BCUT2D eigenvalue weighted by atomic mass is 16.5. The van der Waals surface area contributed by atoms with E-state index in [4.69, 9.17) is 4.52 Å². The molecule has 7 nitrogen and oxygen atoms in total. The molecule has 1 aromatic heterocycles. The van der Waals surface area contributed by atoms with Crippen LogP contribution < -0.4 is 5.32 Å². The van der Waals surface area contributed by atoms with Crippen LogP contribution in [-0.4, -0.2) is 39.3 Å². The molecule has 0 bridgehead atoms. The summed E-state index contributed by atoms with van der Waals surface area (Å²) in [5.41, 5.74) is 2.51. The summed E-state index contributed by atoms with van der Waals surface area (Å²) in [7, 11) is 0. The smallest absolute Gasteiger partial charge is 0.318 e. The molecule has 25 heavy (non-hydrogen) atoms. The van der Waals surface area contributed by atoms with E-state index in [-0.39, 0.29) is 25.2 Å². The van der Waals surface area contributed by atoms with E-state index in [9.17, 15) is 9.90 Å². The van der Waals surface area contributed by atoms with Gasteiger partial charge in [-0.3, -0.25) is 0 Å². The Kier molecular flexibility index (Phi) is 5.65. The molecular weight excluding hydrogens is 320 g/mol. The molecule has 0 fully saturated rings. The Bertz CT molecular complexity index is 716. The summed E-state index contributed by atoms with van der Waals surface area (Å²) in [6.45, 7) is 2.50. The van der Waals surface area contributed by atoms with Gasteiger partial charge in [0.15, 0.2) is 5.82 Å². The maximum Gasteiger partial charge on any atom is 0.318 e. The van der Waals surface area contributed by atoms with Gasteiger partial charge in [-0.15, -0.1) is 0 Å². The summed E-state index contributed by atoms with van der Waals surface area (Å²) in [6, 6.07) is 8.15. The summed E-state index contributed by atoms with van der Waals surface area (Å²) >= 11 is 0. The number of nitrogens with one attached hydrogen (secondary N) is 1. The van der Waals surface area contributed by atoms with Crippen molar-refractivity contribution in [3.05, 3.63) is 47.1 Å². The molecule has 7 heteroatoms. The first kappa shape index (κ1) is 17.4. The molecule has 2 N–H and O–H groups in total. The van der Waals surface area contributed by atoms with Gasteiger partial charge in [-0.1, -0.05) is 29.4 Å². The van der Waals surface area contributed by atoms with Gasteiger partial charge in [0.2, 0.25) is 5.89 Å². The largest absolute Gasteiger partial charge is 0.396 e. The van der Waals surface area contributed by atoms with Crippen LogP contribution in [0.1, 0.15) is 48.1 Å². The van der Waals surface area contributed by atoms with Crippen LogP contribution >= 0.6 is 0 Å². The van der Waals surface area contributed by atoms with Crippen LogP contribution in [0.15, 0.2) is 28.8 Å². The highest BCUT2D eigenvalue weighted by Gasteiger charge is 2.28. The number of aryl methyl sites for hydroxylation is 2. The number of urea groups is 1. The van der Waals surface area contributed by atoms with Crippen LogP contribution in [0.3, 0.4) is 0 Å². The number of fused-ring (bicyclic) bond motifs is 1. The SMILES string of the molecule is Cc1nc(CNC(=O)N(CCCO)C2CCCc3ccccc32)no1. The lowest BCUT2D eigenvalue weighted by atomic mass is 9.87. The normalized spacial score (nSPS) is 16.3. The van der Waals surface area contributed by atoms with E-state index in [2.05, 4.69) is 27.6 Å². The summed E-state index contributed by atoms with van der Waals surface area (Å²) in [6.07, 6.45) is 3.57. The molecule has 0 spiro atoms. The first-order valence-corrected chi connectivity index (χ1v) is 8.71. The average Bonchev–Trinajstić information content (AvgIpc) is 3.05. The number of benzene rings is 1. The number of hydrogen-bond donors (Lipinski definition) is 2. The van der Waals surface area contributed by atoms with Crippen LogP contribution in [-0.2, 0) is 13.0 Å². The molecule has 1 atom stereocenters. The lowest BCUT2D eigenvalue weighted by molar-refractivity contribution is 0.157. The molecule has 0 aliphatic heterocycles. The Morgan fingerprint density at radius 3 is 3.04 bits per heavy atom. The van der Waals surface area contributed by atoms with E-state index in [0.717, 1.165) is 19.3 Å². The highest BCUT2D eigenvalue weighted by molar-refractivity contribution is 5.74. The van der Waals surface area contributed by atoms with E-state index in [0.29, 0.717) is 24.7 Å². The molecule has 0 saturated carbocycles. The molecule has 1 aromatic carbocycles. The lowest BCUT2D eigenvalue weighted by Crippen LogP contribution is -2.43. The Labute approximate surface area is 147 Å². The third-order valence-corrected chi connectivity index (χ3v) is 4.50. The van der Waals surface area contributed by atoms with Gasteiger partial charge < -0.3 is 19.8 Å². The van der Waals surface area contributed by atoms with Gasteiger partial charge in [-0.2, -0.15) is 4.98 Å². The molecule has 134 valence electrons. The quantitative estimate of drug-likeness (QED) is 0.839. The minimum atomic E-state index is -0.169. The van der Waals surface area contributed by atoms with Crippen molar-refractivity contribution in [1.29, 1.82) is 0 Å². The second-order valence-electron chi connectivity index (χ2n) is 6.27. The molecule has 3 rings (SSSR count). The second kappa shape index (κ2) is 8.11. The number of nitrogens with zero attached hydrogens (tertiary/aromatic N) is 3. The number of aliphatic hydroxyl groups is 1. The third-order valence-electron chi connectivity index (χ3n) is 4.50. The molecule has 2 aromatic rings. The van der Waals surface area contributed by atoms with Crippen molar-refractivity contribution < 1.29 is 14.4 Å². The molecule has 1 unspecified atom stereocenters. The lowest BCUT2D eigenvalue weighted by Gasteiger charge is -2.36. The van der Waals surface area contributed by atoms with E-state index in [1.807, 2.05) is 17.0 Å². The average molecular weight is 344 g/mol. The maximum absolute atomic E-state index is 12.8. The maximum atomic E-state index is 12.8.